The highest BCUT2D eigenvalue weighted by atomic mass is 35.5. The van der Waals surface area contributed by atoms with E-state index in [-0.39, 0.29) is 17.0 Å². The summed E-state index contributed by atoms with van der Waals surface area (Å²) in [5.74, 6) is 0.654. The van der Waals surface area contributed by atoms with Gasteiger partial charge in [-0.05, 0) is 31.0 Å². The van der Waals surface area contributed by atoms with Crippen molar-refractivity contribution in [2.75, 3.05) is 30.4 Å². The van der Waals surface area contributed by atoms with Crippen LogP contribution in [0.5, 0.6) is 0 Å². The van der Waals surface area contributed by atoms with Crippen molar-refractivity contribution in [2.45, 2.75) is 25.8 Å². The molecule has 3 aromatic rings. The topological polar surface area (TPSA) is 87.1 Å². The number of nitrogens with zero attached hydrogens (tertiary/aromatic N) is 6. The standard InChI is InChI=1S/C20H21ClFN7O/c1-12(30)28(2)14-5-7-29(8-6-14)20-23-10-17-18(27-20)19(25-11-24-17)26-13-3-4-16(22)15(21)9-13/h3-4,9-11,14H,5-8H2,1-2H3,(H,24,25,26). The zero-order valence-corrected chi connectivity index (χ0v) is 17.4. The molecule has 10 heteroatoms. The number of halogens is 2. The molecule has 0 radical (unpaired) electrons. The minimum atomic E-state index is -0.488. The maximum Gasteiger partial charge on any atom is 0.226 e. The number of hydrogen-bond donors (Lipinski definition) is 1. The van der Waals surface area contributed by atoms with Gasteiger partial charge in [-0.25, -0.2) is 24.3 Å². The minimum Gasteiger partial charge on any atom is -0.343 e. The third-order valence-corrected chi connectivity index (χ3v) is 5.63. The fourth-order valence-corrected chi connectivity index (χ4v) is 3.69. The van der Waals surface area contributed by atoms with Gasteiger partial charge in [-0.15, -0.1) is 0 Å². The first-order chi connectivity index (χ1) is 14.4. The quantitative estimate of drug-likeness (QED) is 0.680. The summed E-state index contributed by atoms with van der Waals surface area (Å²) < 4.78 is 13.4. The Hall–Kier alpha value is -3.07. The zero-order chi connectivity index (χ0) is 21.3. The number of anilines is 3. The van der Waals surface area contributed by atoms with E-state index in [2.05, 4.69) is 30.2 Å². The molecule has 1 aliphatic heterocycles. The van der Waals surface area contributed by atoms with E-state index in [0.29, 0.717) is 28.5 Å². The molecule has 156 valence electrons. The Morgan fingerprint density at radius 2 is 2.03 bits per heavy atom. The molecule has 1 amide bonds. The van der Waals surface area contributed by atoms with E-state index in [0.717, 1.165) is 25.9 Å². The fraction of sp³-hybridized carbons (Fsp3) is 0.350. The predicted octanol–water partition coefficient (Wildman–Crippen LogP) is 3.40. The number of amides is 1. The van der Waals surface area contributed by atoms with Crippen LogP contribution in [-0.2, 0) is 4.79 Å². The molecule has 0 unspecified atom stereocenters. The van der Waals surface area contributed by atoms with Gasteiger partial charge in [-0.1, -0.05) is 11.6 Å². The van der Waals surface area contributed by atoms with E-state index in [9.17, 15) is 9.18 Å². The third kappa shape index (κ3) is 4.11. The second-order valence-corrected chi connectivity index (χ2v) is 7.64. The molecular weight excluding hydrogens is 409 g/mol. The van der Waals surface area contributed by atoms with Crippen LogP contribution in [0.3, 0.4) is 0 Å². The highest BCUT2D eigenvalue weighted by molar-refractivity contribution is 6.31. The number of piperidine rings is 1. The Morgan fingerprint density at radius 1 is 1.27 bits per heavy atom. The molecule has 0 saturated carbocycles. The zero-order valence-electron chi connectivity index (χ0n) is 16.6. The van der Waals surface area contributed by atoms with Gasteiger partial charge in [0, 0.05) is 38.8 Å². The summed E-state index contributed by atoms with van der Waals surface area (Å²) in [6, 6.07) is 4.58. The maximum absolute atomic E-state index is 13.4. The average molecular weight is 430 g/mol. The molecule has 0 atom stereocenters. The van der Waals surface area contributed by atoms with Crippen molar-refractivity contribution in [3.63, 3.8) is 0 Å². The molecule has 1 aliphatic rings. The number of aromatic nitrogens is 4. The fourth-order valence-electron chi connectivity index (χ4n) is 3.51. The Kier molecular flexibility index (Phi) is 5.63. The first-order valence-corrected chi connectivity index (χ1v) is 9.98. The Balaban J connectivity index is 1.57. The molecule has 1 fully saturated rings. The molecule has 0 aliphatic carbocycles. The molecule has 3 heterocycles. The van der Waals surface area contributed by atoms with Gasteiger partial charge in [0.15, 0.2) is 5.82 Å². The van der Waals surface area contributed by atoms with Crippen LogP contribution in [0.4, 0.5) is 21.8 Å². The Bertz CT molecular complexity index is 1090. The van der Waals surface area contributed by atoms with Crippen LogP contribution in [0.25, 0.3) is 11.0 Å². The number of rotatable bonds is 4. The number of carbonyl (C=O) groups is 1. The number of hydrogen-bond acceptors (Lipinski definition) is 7. The van der Waals surface area contributed by atoms with Crippen LogP contribution in [0.1, 0.15) is 19.8 Å². The average Bonchev–Trinajstić information content (AvgIpc) is 2.76. The minimum absolute atomic E-state index is 0.0204. The normalized spacial score (nSPS) is 14.7. The van der Waals surface area contributed by atoms with Gasteiger partial charge >= 0.3 is 0 Å². The molecule has 8 nitrogen and oxygen atoms in total. The molecule has 1 N–H and O–H groups in total. The van der Waals surface area contributed by atoms with Gasteiger partial charge in [0.1, 0.15) is 23.2 Å². The molecule has 1 aromatic carbocycles. The van der Waals surface area contributed by atoms with Crippen molar-refractivity contribution in [1.82, 2.24) is 24.8 Å². The number of carbonyl (C=O) groups excluding carboxylic acids is 1. The highest BCUT2D eigenvalue weighted by Crippen LogP contribution is 2.26. The first kappa shape index (κ1) is 20.2. The van der Waals surface area contributed by atoms with Crippen molar-refractivity contribution >= 4 is 46.0 Å². The maximum atomic E-state index is 13.4. The van der Waals surface area contributed by atoms with Crippen LogP contribution in [0.2, 0.25) is 5.02 Å². The monoisotopic (exact) mass is 429 g/mol. The highest BCUT2D eigenvalue weighted by Gasteiger charge is 2.25. The molecule has 4 rings (SSSR count). The van der Waals surface area contributed by atoms with Crippen LogP contribution in [-0.4, -0.2) is 56.9 Å². The number of fused-ring (bicyclic) bond motifs is 1. The number of benzene rings is 1. The van der Waals surface area contributed by atoms with Gasteiger partial charge in [-0.2, -0.15) is 0 Å². The lowest BCUT2D eigenvalue weighted by Crippen LogP contribution is -2.45. The van der Waals surface area contributed by atoms with E-state index in [1.54, 1.807) is 24.1 Å². The van der Waals surface area contributed by atoms with Crippen molar-refractivity contribution in [1.29, 1.82) is 0 Å². The van der Waals surface area contributed by atoms with Gasteiger partial charge in [0.05, 0.1) is 11.2 Å². The smallest absolute Gasteiger partial charge is 0.226 e. The van der Waals surface area contributed by atoms with Crippen molar-refractivity contribution in [3.8, 4) is 0 Å². The van der Waals surface area contributed by atoms with E-state index >= 15 is 0 Å². The summed E-state index contributed by atoms with van der Waals surface area (Å²) in [5, 5.41) is 3.14. The van der Waals surface area contributed by atoms with Crippen molar-refractivity contribution < 1.29 is 9.18 Å². The van der Waals surface area contributed by atoms with Gasteiger partial charge in [-0.3, -0.25) is 4.79 Å². The Labute approximate surface area is 178 Å². The molecule has 1 saturated heterocycles. The largest absolute Gasteiger partial charge is 0.343 e. The third-order valence-electron chi connectivity index (χ3n) is 5.34. The molecule has 0 spiro atoms. The van der Waals surface area contributed by atoms with E-state index in [4.69, 9.17) is 11.6 Å². The summed E-state index contributed by atoms with van der Waals surface area (Å²) in [5.41, 5.74) is 1.75. The molecule has 2 aromatic heterocycles. The molecule has 0 bridgehead atoms. The summed E-state index contributed by atoms with van der Waals surface area (Å²) in [4.78, 5) is 33.1. The van der Waals surface area contributed by atoms with Crippen molar-refractivity contribution in [3.05, 3.63) is 41.6 Å². The second kappa shape index (κ2) is 8.35. The van der Waals surface area contributed by atoms with Crippen LogP contribution in [0, 0.1) is 5.82 Å². The Morgan fingerprint density at radius 3 is 2.73 bits per heavy atom. The van der Waals surface area contributed by atoms with Gasteiger partial charge < -0.3 is 15.1 Å². The van der Waals surface area contributed by atoms with Gasteiger partial charge in [0.2, 0.25) is 11.9 Å². The van der Waals surface area contributed by atoms with Crippen LogP contribution in [0.15, 0.2) is 30.7 Å². The van der Waals surface area contributed by atoms with Crippen LogP contribution < -0.4 is 10.2 Å². The van der Waals surface area contributed by atoms with Crippen LogP contribution >= 0.6 is 11.6 Å². The number of nitrogens with one attached hydrogen (secondary N) is 1. The summed E-state index contributed by atoms with van der Waals surface area (Å²) >= 11 is 5.87. The summed E-state index contributed by atoms with van der Waals surface area (Å²) in [6.45, 7) is 3.08. The summed E-state index contributed by atoms with van der Waals surface area (Å²) in [6.07, 6.45) is 4.78. The lowest BCUT2D eigenvalue weighted by Gasteiger charge is -2.36. The second-order valence-electron chi connectivity index (χ2n) is 7.23. The lowest BCUT2D eigenvalue weighted by molar-refractivity contribution is -0.129. The van der Waals surface area contributed by atoms with E-state index in [1.165, 1.54) is 18.5 Å². The SMILES string of the molecule is CC(=O)N(C)C1CCN(c2ncc3ncnc(Nc4ccc(F)c(Cl)c4)c3n2)CC1. The molecular formula is C20H21ClFN7O. The molecule has 30 heavy (non-hydrogen) atoms. The van der Waals surface area contributed by atoms with Crippen molar-refractivity contribution in [2.24, 2.45) is 0 Å². The van der Waals surface area contributed by atoms with E-state index < -0.39 is 5.82 Å². The lowest BCUT2D eigenvalue weighted by atomic mass is 10.0. The first-order valence-electron chi connectivity index (χ1n) is 9.60. The summed E-state index contributed by atoms with van der Waals surface area (Å²) in [7, 11) is 1.84. The van der Waals surface area contributed by atoms with Gasteiger partial charge in [0.25, 0.3) is 0 Å². The predicted molar refractivity (Wildman–Crippen MR) is 113 cm³/mol. The van der Waals surface area contributed by atoms with E-state index in [1.807, 2.05) is 7.05 Å².